The summed E-state index contributed by atoms with van der Waals surface area (Å²) in [5.74, 6) is 0.206. The highest BCUT2D eigenvalue weighted by Gasteiger charge is 2.44. The first-order valence-corrected chi connectivity index (χ1v) is 6.80. The van der Waals surface area contributed by atoms with Crippen molar-refractivity contribution in [3.8, 4) is 6.07 Å². The van der Waals surface area contributed by atoms with Crippen LogP contribution < -0.4 is 4.90 Å². The molecule has 1 aromatic carbocycles. The van der Waals surface area contributed by atoms with E-state index in [0.717, 1.165) is 16.6 Å². The number of fused-ring (bicyclic) bond motifs is 1. The van der Waals surface area contributed by atoms with Crippen molar-refractivity contribution >= 4 is 16.6 Å². The van der Waals surface area contributed by atoms with Crippen molar-refractivity contribution in [2.45, 2.75) is 19.4 Å². The zero-order chi connectivity index (χ0) is 14.3. The molecular weight excluding hydrogens is 250 g/mol. The minimum Gasteiger partial charge on any atom is -0.386 e. The van der Waals surface area contributed by atoms with Gasteiger partial charge in [-0.15, -0.1) is 0 Å². The summed E-state index contributed by atoms with van der Waals surface area (Å²) in [5, 5.41) is 20.7. The van der Waals surface area contributed by atoms with Crippen LogP contribution in [0.5, 0.6) is 0 Å². The van der Waals surface area contributed by atoms with Crippen molar-refractivity contribution in [3.05, 3.63) is 36.0 Å². The van der Waals surface area contributed by atoms with Crippen LogP contribution in [-0.2, 0) is 0 Å². The second-order valence-electron chi connectivity index (χ2n) is 5.76. The summed E-state index contributed by atoms with van der Waals surface area (Å²) in [6, 6.07) is 10.0. The minimum atomic E-state index is -0.656. The third-order valence-corrected chi connectivity index (χ3v) is 4.19. The van der Waals surface area contributed by atoms with E-state index in [1.54, 1.807) is 6.20 Å². The van der Waals surface area contributed by atoms with Crippen molar-refractivity contribution in [3.63, 3.8) is 0 Å². The highest BCUT2D eigenvalue weighted by Crippen LogP contribution is 2.38. The lowest BCUT2D eigenvalue weighted by atomic mass is 9.82. The average Bonchev–Trinajstić information content (AvgIpc) is 2.42. The molecule has 0 radical (unpaired) electrons. The van der Waals surface area contributed by atoms with Gasteiger partial charge >= 0.3 is 0 Å². The zero-order valence-corrected chi connectivity index (χ0v) is 11.7. The smallest absolute Gasteiger partial charge is 0.103 e. The molecule has 1 aliphatic rings. The molecule has 4 heteroatoms. The van der Waals surface area contributed by atoms with E-state index in [9.17, 15) is 10.4 Å². The van der Waals surface area contributed by atoms with E-state index in [-0.39, 0.29) is 5.92 Å². The minimum absolute atomic E-state index is 0.206. The van der Waals surface area contributed by atoms with Gasteiger partial charge in [0.2, 0.25) is 0 Å². The second-order valence-corrected chi connectivity index (χ2v) is 5.76. The highest BCUT2D eigenvalue weighted by atomic mass is 16.3. The van der Waals surface area contributed by atoms with Crippen molar-refractivity contribution < 1.29 is 5.11 Å². The Hall–Kier alpha value is -2.12. The monoisotopic (exact) mass is 267 g/mol. The molecule has 1 saturated heterocycles. The number of nitrogens with zero attached hydrogens (tertiary/aromatic N) is 3. The predicted octanol–water partition coefficient (Wildman–Crippen LogP) is 2.31. The van der Waals surface area contributed by atoms with Crippen LogP contribution in [0.3, 0.4) is 0 Å². The van der Waals surface area contributed by atoms with Crippen molar-refractivity contribution in [1.82, 2.24) is 4.98 Å². The van der Waals surface area contributed by atoms with Gasteiger partial charge in [0.15, 0.2) is 0 Å². The Morgan fingerprint density at radius 2 is 2.05 bits per heavy atom. The highest BCUT2D eigenvalue weighted by molar-refractivity contribution is 5.94. The summed E-state index contributed by atoms with van der Waals surface area (Å²) < 4.78 is 0. The molecule has 1 fully saturated rings. The topological polar surface area (TPSA) is 60.1 Å². The number of β-amino-alcohol motifs (C(OH)–C–C–N with tert-alkyl or cyclic N) is 1. The summed E-state index contributed by atoms with van der Waals surface area (Å²) in [5.41, 5.74) is 1.68. The quantitative estimate of drug-likeness (QED) is 0.907. The van der Waals surface area contributed by atoms with Crippen LogP contribution in [0.4, 0.5) is 5.69 Å². The summed E-state index contributed by atoms with van der Waals surface area (Å²) in [6.07, 6.45) is 1.62. The van der Waals surface area contributed by atoms with Crippen LogP contribution in [0.15, 0.2) is 30.5 Å². The molecule has 0 aliphatic carbocycles. The number of rotatable bonds is 2. The van der Waals surface area contributed by atoms with Crippen LogP contribution in [0.2, 0.25) is 0 Å². The lowest BCUT2D eigenvalue weighted by Crippen LogP contribution is -2.65. The van der Waals surface area contributed by atoms with Crippen molar-refractivity contribution in [2.75, 3.05) is 18.0 Å². The van der Waals surface area contributed by atoms with Crippen LogP contribution >= 0.6 is 0 Å². The number of aromatic nitrogens is 1. The SMILES string of the molecule is CC(C)C1(O)CN(c2c(C#N)cnc3ccccc23)C1. The van der Waals surface area contributed by atoms with Gasteiger partial charge in [-0.3, -0.25) is 4.98 Å². The van der Waals surface area contributed by atoms with Crippen LogP contribution in [0.1, 0.15) is 19.4 Å². The fourth-order valence-corrected chi connectivity index (χ4v) is 2.69. The lowest BCUT2D eigenvalue weighted by molar-refractivity contribution is -0.0299. The van der Waals surface area contributed by atoms with Crippen LogP contribution in [-0.4, -0.2) is 28.8 Å². The third kappa shape index (κ3) is 1.83. The van der Waals surface area contributed by atoms with Gasteiger partial charge < -0.3 is 10.0 Å². The molecule has 102 valence electrons. The van der Waals surface area contributed by atoms with E-state index >= 15 is 0 Å². The molecule has 0 amide bonds. The van der Waals surface area contributed by atoms with E-state index in [4.69, 9.17) is 0 Å². The first-order chi connectivity index (χ1) is 9.55. The molecule has 0 spiro atoms. The maximum atomic E-state index is 10.4. The molecule has 3 rings (SSSR count). The summed E-state index contributed by atoms with van der Waals surface area (Å²) >= 11 is 0. The van der Waals surface area contributed by atoms with E-state index in [0.29, 0.717) is 18.7 Å². The van der Waals surface area contributed by atoms with Gasteiger partial charge in [0, 0.05) is 24.7 Å². The van der Waals surface area contributed by atoms with Crippen molar-refractivity contribution in [2.24, 2.45) is 5.92 Å². The maximum Gasteiger partial charge on any atom is 0.103 e. The molecule has 2 heterocycles. The molecular formula is C16H17N3O. The predicted molar refractivity (Wildman–Crippen MR) is 78.5 cm³/mol. The number of hydrogen-bond acceptors (Lipinski definition) is 4. The second kappa shape index (κ2) is 4.46. The number of nitriles is 1. The van der Waals surface area contributed by atoms with Gasteiger partial charge in [-0.25, -0.2) is 0 Å². The Balaban J connectivity index is 2.06. The third-order valence-electron chi connectivity index (χ3n) is 4.19. The molecule has 0 unspecified atom stereocenters. The number of benzene rings is 1. The zero-order valence-electron chi connectivity index (χ0n) is 11.7. The Morgan fingerprint density at radius 1 is 1.35 bits per heavy atom. The number of pyridine rings is 1. The van der Waals surface area contributed by atoms with Crippen LogP contribution in [0, 0.1) is 17.2 Å². The van der Waals surface area contributed by atoms with E-state index in [1.165, 1.54) is 0 Å². The average molecular weight is 267 g/mol. The Kier molecular flexibility index (Phi) is 2.88. The normalized spacial score (nSPS) is 17.1. The molecule has 1 N–H and O–H groups in total. The largest absolute Gasteiger partial charge is 0.386 e. The maximum absolute atomic E-state index is 10.4. The molecule has 2 aromatic rings. The number of hydrogen-bond donors (Lipinski definition) is 1. The van der Waals surface area contributed by atoms with Gasteiger partial charge in [-0.05, 0) is 12.0 Å². The molecule has 0 bridgehead atoms. The Labute approximate surface area is 118 Å². The molecule has 20 heavy (non-hydrogen) atoms. The number of para-hydroxylation sites is 1. The first-order valence-electron chi connectivity index (χ1n) is 6.80. The molecule has 0 atom stereocenters. The molecule has 4 nitrogen and oxygen atoms in total. The van der Waals surface area contributed by atoms with Crippen LogP contribution in [0.25, 0.3) is 10.9 Å². The van der Waals surface area contributed by atoms with E-state index < -0.39 is 5.60 Å². The fourth-order valence-electron chi connectivity index (χ4n) is 2.69. The van der Waals surface area contributed by atoms with E-state index in [1.807, 2.05) is 38.1 Å². The Morgan fingerprint density at radius 3 is 2.70 bits per heavy atom. The van der Waals surface area contributed by atoms with Gasteiger partial charge in [0.1, 0.15) is 11.7 Å². The Bertz CT molecular complexity index is 696. The van der Waals surface area contributed by atoms with Gasteiger partial charge in [0.05, 0.1) is 16.8 Å². The van der Waals surface area contributed by atoms with Gasteiger partial charge in [-0.2, -0.15) is 5.26 Å². The first kappa shape index (κ1) is 12.9. The fraction of sp³-hybridized carbons (Fsp3) is 0.375. The summed E-state index contributed by atoms with van der Waals surface area (Å²) in [6.45, 7) is 5.17. The summed E-state index contributed by atoms with van der Waals surface area (Å²) in [4.78, 5) is 6.39. The van der Waals surface area contributed by atoms with E-state index in [2.05, 4.69) is 16.0 Å². The van der Waals surface area contributed by atoms with Gasteiger partial charge in [-0.1, -0.05) is 32.0 Å². The number of anilines is 1. The molecule has 1 aliphatic heterocycles. The standard InChI is InChI=1S/C16H17N3O/c1-11(2)16(20)9-19(10-16)15-12(7-17)8-18-14-6-4-3-5-13(14)15/h3-6,8,11,20H,9-10H2,1-2H3. The molecule has 1 aromatic heterocycles. The molecule has 0 saturated carbocycles. The lowest BCUT2D eigenvalue weighted by Gasteiger charge is -2.50. The van der Waals surface area contributed by atoms with Gasteiger partial charge in [0.25, 0.3) is 0 Å². The van der Waals surface area contributed by atoms with Crippen molar-refractivity contribution in [1.29, 1.82) is 5.26 Å². The summed E-state index contributed by atoms with van der Waals surface area (Å²) in [7, 11) is 0. The number of aliphatic hydroxyl groups is 1.